The maximum atomic E-state index is 12.3. The molecule has 0 saturated carbocycles. The van der Waals surface area contributed by atoms with E-state index in [9.17, 15) is 4.79 Å². The highest BCUT2D eigenvalue weighted by Crippen LogP contribution is 2.25. The third-order valence-corrected chi connectivity index (χ3v) is 3.91. The Balaban J connectivity index is 1.81. The van der Waals surface area contributed by atoms with Gasteiger partial charge in [-0.25, -0.2) is 0 Å². The highest BCUT2D eigenvalue weighted by Gasteiger charge is 2.24. The lowest BCUT2D eigenvalue weighted by Crippen LogP contribution is -2.25. The predicted molar refractivity (Wildman–Crippen MR) is 66.3 cm³/mol. The molecule has 0 spiro atoms. The first kappa shape index (κ1) is 11.0. The number of rotatable bonds is 2. The first-order valence-electron chi connectivity index (χ1n) is 6.58. The smallest absolute Gasteiger partial charge is 0.168 e. The van der Waals surface area contributed by atoms with E-state index in [-0.39, 0.29) is 11.7 Å². The lowest BCUT2D eigenvalue weighted by Gasteiger charge is -2.21. The number of ether oxygens (including phenoxy) is 1. The summed E-state index contributed by atoms with van der Waals surface area (Å²) in [6.07, 6.45) is 5.55. The Morgan fingerprint density at radius 3 is 2.88 bits per heavy atom. The van der Waals surface area contributed by atoms with Crippen LogP contribution in [0.3, 0.4) is 0 Å². The van der Waals surface area contributed by atoms with Crippen molar-refractivity contribution < 1.29 is 9.53 Å². The first-order valence-corrected chi connectivity index (χ1v) is 6.58. The summed E-state index contributed by atoms with van der Waals surface area (Å²) in [7, 11) is 0. The number of fused-ring (bicyclic) bond motifs is 1. The van der Waals surface area contributed by atoms with Crippen LogP contribution in [0.2, 0.25) is 0 Å². The molecule has 1 atom stereocenters. The number of hydrogen-bond acceptors (Lipinski definition) is 2. The Morgan fingerprint density at radius 2 is 2.06 bits per heavy atom. The molecule has 1 aliphatic carbocycles. The van der Waals surface area contributed by atoms with Gasteiger partial charge in [-0.2, -0.15) is 0 Å². The largest absolute Gasteiger partial charge is 0.381 e. The van der Waals surface area contributed by atoms with E-state index in [1.807, 2.05) is 6.07 Å². The molecule has 2 aliphatic rings. The van der Waals surface area contributed by atoms with Crippen LogP contribution in [-0.4, -0.2) is 19.0 Å². The molecule has 1 saturated heterocycles. The van der Waals surface area contributed by atoms with Gasteiger partial charge in [0.25, 0.3) is 0 Å². The van der Waals surface area contributed by atoms with Crippen molar-refractivity contribution in [3.8, 4) is 0 Å². The van der Waals surface area contributed by atoms with E-state index in [0.717, 1.165) is 31.4 Å². The van der Waals surface area contributed by atoms with Gasteiger partial charge in [0.05, 0.1) is 6.61 Å². The van der Waals surface area contributed by atoms with Crippen LogP contribution in [0, 0.1) is 5.92 Å². The second-order valence-corrected chi connectivity index (χ2v) is 5.12. The number of carbonyl (C=O) groups is 1. The van der Waals surface area contributed by atoms with Crippen molar-refractivity contribution in [1.82, 2.24) is 0 Å². The van der Waals surface area contributed by atoms with Crippen molar-refractivity contribution in [3.05, 3.63) is 34.9 Å². The summed E-state index contributed by atoms with van der Waals surface area (Å²) in [5.41, 5.74) is 3.70. The van der Waals surface area contributed by atoms with E-state index in [1.165, 1.54) is 24.0 Å². The van der Waals surface area contributed by atoms with E-state index < -0.39 is 0 Å². The van der Waals surface area contributed by atoms with E-state index in [0.29, 0.717) is 6.61 Å². The van der Waals surface area contributed by atoms with Crippen molar-refractivity contribution in [2.45, 2.75) is 32.1 Å². The molecule has 90 valence electrons. The second kappa shape index (κ2) is 4.61. The van der Waals surface area contributed by atoms with Crippen LogP contribution in [0.15, 0.2) is 18.2 Å². The summed E-state index contributed by atoms with van der Waals surface area (Å²) in [5, 5.41) is 0. The summed E-state index contributed by atoms with van der Waals surface area (Å²) < 4.78 is 5.40. The minimum absolute atomic E-state index is 0.0863. The van der Waals surface area contributed by atoms with Crippen LogP contribution in [0.4, 0.5) is 0 Å². The quantitative estimate of drug-likeness (QED) is 0.730. The fraction of sp³-hybridized carbons (Fsp3) is 0.533. The topological polar surface area (TPSA) is 26.3 Å². The van der Waals surface area contributed by atoms with E-state index in [4.69, 9.17) is 4.74 Å². The monoisotopic (exact) mass is 230 g/mol. The molecular formula is C15H18O2. The Labute approximate surface area is 102 Å². The number of hydrogen-bond donors (Lipinski definition) is 0. The van der Waals surface area contributed by atoms with Gasteiger partial charge in [-0.15, -0.1) is 0 Å². The molecule has 0 bridgehead atoms. The van der Waals surface area contributed by atoms with Gasteiger partial charge in [0, 0.05) is 18.1 Å². The summed E-state index contributed by atoms with van der Waals surface area (Å²) in [5.74, 6) is 0.364. The van der Waals surface area contributed by atoms with Crippen LogP contribution < -0.4 is 0 Å². The Morgan fingerprint density at radius 1 is 1.18 bits per heavy atom. The van der Waals surface area contributed by atoms with Crippen molar-refractivity contribution in [1.29, 1.82) is 0 Å². The van der Waals surface area contributed by atoms with E-state index >= 15 is 0 Å². The number of carbonyl (C=O) groups excluding carboxylic acids is 1. The van der Waals surface area contributed by atoms with Gasteiger partial charge in [-0.1, -0.05) is 12.1 Å². The number of Topliss-reactive ketones (excluding diaryl/α,β-unsaturated/α-hetero) is 1. The number of benzene rings is 1. The van der Waals surface area contributed by atoms with Crippen molar-refractivity contribution in [2.24, 2.45) is 5.92 Å². The van der Waals surface area contributed by atoms with Gasteiger partial charge in [-0.05, 0) is 49.3 Å². The average molecular weight is 230 g/mol. The molecule has 1 aliphatic heterocycles. The lowest BCUT2D eigenvalue weighted by atomic mass is 9.91. The second-order valence-electron chi connectivity index (χ2n) is 5.12. The SMILES string of the molecule is O=C(c1ccc2c(c1)CCC2)C1CCCOC1. The number of aryl methyl sites for hydroxylation is 2. The lowest BCUT2D eigenvalue weighted by molar-refractivity contribution is 0.0461. The summed E-state index contributed by atoms with van der Waals surface area (Å²) in [4.78, 5) is 12.3. The Kier molecular flexibility index (Phi) is 2.98. The van der Waals surface area contributed by atoms with E-state index in [2.05, 4.69) is 12.1 Å². The first-order chi connectivity index (χ1) is 8.34. The van der Waals surface area contributed by atoms with Crippen LogP contribution in [-0.2, 0) is 17.6 Å². The zero-order valence-electron chi connectivity index (χ0n) is 10.1. The third-order valence-electron chi connectivity index (χ3n) is 3.91. The van der Waals surface area contributed by atoms with Gasteiger partial charge < -0.3 is 4.74 Å². The maximum absolute atomic E-state index is 12.3. The zero-order valence-corrected chi connectivity index (χ0v) is 10.1. The average Bonchev–Trinajstić information content (AvgIpc) is 2.86. The van der Waals surface area contributed by atoms with Crippen molar-refractivity contribution in [3.63, 3.8) is 0 Å². The normalized spacial score (nSPS) is 23.4. The molecule has 0 aromatic heterocycles. The fourth-order valence-electron chi connectivity index (χ4n) is 2.91. The number of ketones is 1. The summed E-state index contributed by atoms with van der Waals surface area (Å²) in [6.45, 7) is 1.42. The minimum atomic E-state index is 0.0863. The molecule has 3 rings (SSSR count). The molecule has 2 nitrogen and oxygen atoms in total. The van der Waals surface area contributed by atoms with Crippen molar-refractivity contribution in [2.75, 3.05) is 13.2 Å². The highest BCUT2D eigenvalue weighted by molar-refractivity contribution is 5.98. The van der Waals surface area contributed by atoms with Crippen LogP contribution >= 0.6 is 0 Å². The molecule has 1 heterocycles. The zero-order chi connectivity index (χ0) is 11.7. The molecule has 17 heavy (non-hydrogen) atoms. The van der Waals surface area contributed by atoms with Gasteiger partial charge >= 0.3 is 0 Å². The van der Waals surface area contributed by atoms with Crippen molar-refractivity contribution >= 4 is 5.78 Å². The van der Waals surface area contributed by atoms with Crippen LogP contribution in [0.5, 0.6) is 0 Å². The third kappa shape index (κ3) is 2.14. The standard InChI is InChI=1S/C15H18O2/c16-15(14-5-2-8-17-10-14)13-7-6-11-3-1-4-12(11)9-13/h6-7,9,14H,1-5,8,10H2. The molecule has 1 fully saturated rings. The minimum Gasteiger partial charge on any atom is -0.381 e. The highest BCUT2D eigenvalue weighted by atomic mass is 16.5. The van der Waals surface area contributed by atoms with Gasteiger partial charge in [0.15, 0.2) is 5.78 Å². The predicted octanol–water partition coefficient (Wildman–Crippen LogP) is 2.78. The molecule has 1 aromatic carbocycles. The Hall–Kier alpha value is -1.15. The maximum Gasteiger partial charge on any atom is 0.168 e. The molecule has 0 radical (unpaired) electrons. The molecule has 1 aromatic rings. The van der Waals surface area contributed by atoms with Crippen LogP contribution in [0.25, 0.3) is 0 Å². The summed E-state index contributed by atoms with van der Waals surface area (Å²) in [6, 6.07) is 6.25. The van der Waals surface area contributed by atoms with Gasteiger partial charge in [0.1, 0.15) is 0 Å². The van der Waals surface area contributed by atoms with Gasteiger partial charge in [0.2, 0.25) is 0 Å². The van der Waals surface area contributed by atoms with E-state index in [1.54, 1.807) is 0 Å². The Bertz CT molecular complexity index is 431. The van der Waals surface area contributed by atoms with Crippen LogP contribution in [0.1, 0.15) is 40.7 Å². The molecule has 1 unspecified atom stereocenters. The molecule has 0 N–H and O–H groups in total. The fourth-order valence-corrected chi connectivity index (χ4v) is 2.91. The van der Waals surface area contributed by atoms with Gasteiger partial charge in [-0.3, -0.25) is 4.79 Å². The molecule has 0 amide bonds. The molecular weight excluding hydrogens is 212 g/mol. The summed E-state index contributed by atoms with van der Waals surface area (Å²) >= 11 is 0. The molecule has 2 heteroatoms.